The van der Waals surface area contributed by atoms with Gasteiger partial charge in [-0.3, -0.25) is 4.90 Å². The number of nitrogens with zero attached hydrogens (tertiary/aromatic N) is 4. The van der Waals surface area contributed by atoms with Gasteiger partial charge in [0.15, 0.2) is 0 Å². The molecule has 0 bridgehead atoms. The number of rotatable bonds is 3. The van der Waals surface area contributed by atoms with Crippen molar-refractivity contribution in [2.45, 2.75) is 58.6 Å². The SMILES string of the molecule is Cc1nc2c(c(N3CCN(CC(C)O)CC3C)n1)CCCC2. The standard InChI is InChI=1S/C17H28N4O/c1-12-10-20(11-13(2)22)8-9-21(12)17-15-6-4-5-7-16(15)18-14(3)19-17/h12-13,22H,4-11H2,1-3H3. The van der Waals surface area contributed by atoms with Crippen LogP contribution in [0.3, 0.4) is 0 Å². The van der Waals surface area contributed by atoms with Gasteiger partial charge in [-0.25, -0.2) is 9.97 Å². The van der Waals surface area contributed by atoms with E-state index in [0.717, 1.165) is 44.8 Å². The number of hydrogen-bond donors (Lipinski definition) is 1. The van der Waals surface area contributed by atoms with Gasteiger partial charge >= 0.3 is 0 Å². The fourth-order valence-electron chi connectivity index (χ4n) is 3.82. The van der Waals surface area contributed by atoms with Crippen LogP contribution in [-0.4, -0.2) is 58.3 Å². The molecule has 2 aliphatic rings. The summed E-state index contributed by atoms with van der Waals surface area (Å²) in [5.41, 5.74) is 2.65. The van der Waals surface area contributed by atoms with Gasteiger partial charge in [0.05, 0.1) is 6.10 Å². The Morgan fingerprint density at radius 2 is 2.00 bits per heavy atom. The van der Waals surface area contributed by atoms with Crippen LogP contribution in [0.15, 0.2) is 0 Å². The Bertz CT molecular complexity index is 532. The molecule has 1 aromatic rings. The summed E-state index contributed by atoms with van der Waals surface area (Å²) < 4.78 is 0. The number of aryl methyl sites for hydroxylation is 2. The monoisotopic (exact) mass is 304 g/mol. The maximum absolute atomic E-state index is 9.59. The zero-order valence-corrected chi connectivity index (χ0v) is 14.0. The number of piperazine rings is 1. The third-order valence-corrected chi connectivity index (χ3v) is 4.78. The molecular formula is C17H28N4O. The summed E-state index contributed by atoms with van der Waals surface area (Å²) in [5, 5.41) is 9.59. The second-order valence-corrected chi connectivity index (χ2v) is 6.88. The molecule has 0 spiro atoms. The third-order valence-electron chi connectivity index (χ3n) is 4.78. The van der Waals surface area contributed by atoms with Gasteiger partial charge in [-0.2, -0.15) is 0 Å². The van der Waals surface area contributed by atoms with Crippen LogP contribution in [0.4, 0.5) is 5.82 Å². The van der Waals surface area contributed by atoms with E-state index in [-0.39, 0.29) is 6.10 Å². The van der Waals surface area contributed by atoms with Crippen LogP contribution in [0.2, 0.25) is 0 Å². The first-order valence-corrected chi connectivity index (χ1v) is 8.58. The second kappa shape index (κ2) is 6.50. The predicted molar refractivity (Wildman–Crippen MR) is 88.3 cm³/mol. The van der Waals surface area contributed by atoms with Gasteiger partial charge < -0.3 is 10.0 Å². The molecule has 1 aromatic heterocycles. The lowest BCUT2D eigenvalue weighted by Crippen LogP contribution is -2.54. The largest absolute Gasteiger partial charge is 0.392 e. The van der Waals surface area contributed by atoms with Crippen molar-refractivity contribution in [3.8, 4) is 0 Å². The highest BCUT2D eigenvalue weighted by atomic mass is 16.3. The smallest absolute Gasteiger partial charge is 0.136 e. The van der Waals surface area contributed by atoms with E-state index in [1.807, 2.05) is 13.8 Å². The van der Waals surface area contributed by atoms with E-state index < -0.39 is 0 Å². The van der Waals surface area contributed by atoms with Crippen molar-refractivity contribution in [2.24, 2.45) is 0 Å². The first kappa shape index (κ1) is 15.7. The highest BCUT2D eigenvalue weighted by Gasteiger charge is 2.28. The van der Waals surface area contributed by atoms with Crippen molar-refractivity contribution >= 4 is 5.82 Å². The molecule has 2 unspecified atom stereocenters. The Balaban J connectivity index is 1.81. The molecule has 5 nitrogen and oxygen atoms in total. The van der Waals surface area contributed by atoms with Crippen molar-refractivity contribution in [1.29, 1.82) is 0 Å². The normalized spacial score (nSPS) is 24.2. The lowest BCUT2D eigenvalue weighted by Gasteiger charge is -2.42. The van der Waals surface area contributed by atoms with Crippen LogP contribution >= 0.6 is 0 Å². The van der Waals surface area contributed by atoms with Gasteiger partial charge in [0.25, 0.3) is 0 Å². The number of β-amino-alcohol motifs (C(OH)–C–C–N with tert-alkyl or cyclic N) is 1. The summed E-state index contributed by atoms with van der Waals surface area (Å²) in [5.74, 6) is 2.07. The molecule has 1 aliphatic heterocycles. The van der Waals surface area contributed by atoms with Gasteiger partial charge in [-0.1, -0.05) is 0 Å². The maximum atomic E-state index is 9.59. The zero-order chi connectivity index (χ0) is 15.7. The first-order valence-electron chi connectivity index (χ1n) is 8.58. The van der Waals surface area contributed by atoms with Gasteiger partial charge in [0, 0.05) is 43.5 Å². The van der Waals surface area contributed by atoms with E-state index in [2.05, 4.69) is 21.7 Å². The molecule has 0 saturated carbocycles. The summed E-state index contributed by atoms with van der Waals surface area (Å²) in [6.07, 6.45) is 4.46. The molecule has 5 heteroatoms. The summed E-state index contributed by atoms with van der Waals surface area (Å²) >= 11 is 0. The summed E-state index contributed by atoms with van der Waals surface area (Å²) in [6.45, 7) is 9.86. The first-order chi connectivity index (χ1) is 10.5. The quantitative estimate of drug-likeness (QED) is 0.918. The van der Waals surface area contributed by atoms with Crippen LogP contribution in [0, 0.1) is 6.92 Å². The molecule has 0 aromatic carbocycles. The Kier molecular flexibility index (Phi) is 4.64. The maximum Gasteiger partial charge on any atom is 0.136 e. The highest BCUT2D eigenvalue weighted by molar-refractivity contribution is 5.51. The third kappa shape index (κ3) is 3.25. The van der Waals surface area contributed by atoms with E-state index in [1.165, 1.54) is 29.9 Å². The highest BCUT2D eigenvalue weighted by Crippen LogP contribution is 2.30. The lowest BCUT2D eigenvalue weighted by atomic mass is 9.95. The molecule has 22 heavy (non-hydrogen) atoms. The van der Waals surface area contributed by atoms with Gasteiger partial charge in [0.2, 0.25) is 0 Å². The summed E-state index contributed by atoms with van der Waals surface area (Å²) in [4.78, 5) is 14.3. The van der Waals surface area contributed by atoms with Gasteiger partial charge in [-0.05, 0) is 46.5 Å². The van der Waals surface area contributed by atoms with Gasteiger partial charge in [0.1, 0.15) is 11.6 Å². The molecule has 0 amide bonds. The molecular weight excluding hydrogens is 276 g/mol. The van der Waals surface area contributed by atoms with Crippen LogP contribution in [0.5, 0.6) is 0 Å². The Morgan fingerprint density at radius 3 is 2.73 bits per heavy atom. The van der Waals surface area contributed by atoms with E-state index >= 15 is 0 Å². The van der Waals surface area contributed by atoms with Crippen molar-refractivity contribution in [3.63, 3.8) is 0 Å². The number of hydrogen-bond acceptors (Lipinski definition) is 5. The van der Waals surface area contributed by atoms with E-state index in [0.29, 0.717) is 6.04 Å². The van der Waals surface area contributed by atoms with Crippen LogP contribution in [-0.2, 0) is 12.8 Å². The average Bonchev–Trinajstić information content (AvgIpc) is 2.46. The molecule has 122 valence electrons. The van der Waals surface area contributed by atoms with Crippen molar-refractivity contribution < 1.29 is 5.11 Å². The average molecular weight is 304 g/mol. The molecule has 2 heterocycles. The Labute approximate surface area is 133 Å². The molecule has 1 saturated heterocycles. The number of aromatic nitrogens is 2. The van der Waals surface area contributed by atoms with Crippen molar-refractivity contribution in [3.05, 3.63) is 17.1 Å². The Hall–Kier alpha value is -1.20. The Morgan fingerprint density at radius 1 is 1.23 bits per heavy atom. The zero-order valence-electron chi connectivity index (χ0n) is 14.0. The topological polar surface area (TPSA) is 52.5 Å². The van der Waals surface area contributed by atoms with Crippen LogP contribution in [0.25, 0.3) is 0 Å². The molecule has 1 aliphatic carbocycles. The molecule has 1 fully saturated rings. The minimum Gasteiger partial charge on any atom is -0.392 e. The minimum absolute atomic E-state index is 0.257. The fraction of sp³-hybridized carbons (Fsp3) is 0.765. The number of anilines is 1. The van der Waals surface area contributed by atoms with Crippen molar-refractivity contribution in [1.82, 2.24) is 14.9 Å². The predicted octanol–water partition coefficient (Wildman–Crippen LogP) is 1.56. The van der Waals surface area contributed by atoms with Crippen LogP contribution < -0.4 is 4.90 Å². The minimum atomic E-state index is -0.257. The summed E-state index contributed by atoms with van der Waals surface area (Å²) in [6, 6.07) is 0.424. The van der Waals surface area contributed by atoms with E-state index in [4.69, 9.17) is 4.98 Å². The van der Waals surface area contributed by atoms with Crippen LogP contribution in [0.1, 0.15) is 43.8 Å². The number of aliphatic hydroxyl groups excluding tert-OH is 1. The van der Waals surface area contributed by atoms with E-state index in [1.54, 1.807) is 0 Å². The molecule has 2 atom stereocenters. The fourth-order valence-corrected chi connectivity index (χ4v) is 3.82. The molecule has 0 radical (unpaired) electrons. The summed E-state index contributed by atoms with van der Waals surface area (Å²) in [7, 11) is 0. The number of aliphatic hydroxyl groups is 1. The second-order valence-electron chi connectivity index (χ2n) is 6.88. The number of fused-ring (bicyclic) bond motifs is 1. The molecule has 1 N–H and O–H groups in total. The van der Waals surface area contributed by atoms with E-state index in [9.17, 15) is 5.11 Å². The molecule has 3 rings (SSSR count). The van der Waals surface area contributed by atoms with Gasteiger partial charge in [-0.15, -0.1) is 0 Å². The van der Waals surface area contributed by atoms with Crippen molar-refractivity contribution in [2.75, 3.05) is 31.1 Å². The lowest BCUT2D eigenvalue weighted by molar-refractivity contribution is 0.114.